The molecule has 1 heterocycles. The van der Waals surface area contributed by atoms with Crippen LogP contribution in [0.1, 0.15) is 10.4 Å². The van der Waals surface area contributed by atoms with Gasteiger partial charge in [-0.2, -0.15) is 0 Å². The van der Waals surface area contributed by atoms with Crippen molar-refractivity contribution in [2.24, 2.45) is 0 Å². The quantitative estimate of drug-likeness (QED) is 0.898. The summed E-state index contributed by atoms with van der Waals surface area (Å²) in [7, 11) is 0. The highest BCUT2D eigenvalue weighted by Gasteiger charge is 2.04. The summed E-state index contributed by atoms with van der Waals surface area (Å²) < 4.78 is 1.12. The third-order valence-electron chi connectivity index (χ3n) is 2.41. The molecule has 4 heteroatoms. The minimum atomic E-state index is 0.769. The van der Waals surface area contributed by atoms with Crippen molar-refractivity contribution >= 4 is 38.6 Å². The van der Waals surface area contributed by atoms with E-state index >= 15 is 0 Å². The van der Waals surface area contributed by atoms with Crippen molar-refractivity contribution < 1.29 is 0 Å². The Morgan fingerprint density at radius 2 is 2.19 bits per heavy atom. The van der Waals surface area contributed by atoms with Gasteiger partial charge in [0, 0.05) is 20.7 Å². The first-order valence-corrected chi connectivity index (χ1v) is 6.66. The molecule has 0 amide bonds. The lowest BCUT2D eigenvalue weighted by molar-refractivity contribution is 1.18. The van der Waals surface area contributed by atoms with Crippen LogP contribution in [0.15, 0.2) is 34.1 Å². The molecule has 0 spiro atoms. The number of hydrogen-bond donors (Lipinski definition) is 2. The fourth-order valence-corrected chi connectivity index (χ4v) is 2.60. The second kappa shape index (κ2) is 4.89. The van der Waals surface area contributed by atoms with E-state index < -0.39 is 0 Å². The Morgan fingerprint density at radius 1 is 1.38 bits per heavy atom. The largest absolute Gasteiger partial charge is 0.398 e. The van der Waals surface area contributed by atoms with Gasteiger partial charge in [0.15, 0.2) is 0 Å². The second-order valence-electron chi connectivity index (χ2n) is 3.59. The Kier molecular flexibility index (Phi) is 3.51. The molecule has 1 aromatic heterocycles. The predicted molar refractivity (Wildman–Crippen MR) is 74.9 cm³/mol. The van der Waals surface area contributed by atoms with Crippen LogP contribution in [0.4, 0.5) is 11.4 Å². The van der Waals surface area contributed by atoms with Crippen molar-refractivity contribution in [2.75, 3.05) is 11.1 Å². The number of halogens is 1. The first kappa shape index (κ1) is 11.5. The highest BCUT2D eigenvalue weighted by atomic mass is 79.9. The van der Waals surface area contributed by atoms with Crippen molar-refractivity contribution in [3.63, 3.8) is 0 Å². The van der Waals surface area contributed by atoms with Crippen LogP contribution in [0, 0.1) is 6.92 Å². The molecule has 0 aliphatic rings. The second-order valence-corrected chi connectivity index (χ2v) is 5.38. The predicted octanol–water partition coefficient (Wildman–Crippen LogP) is 4.01. The number of nitrogens with two attached hydrogens (primary N) is 1. The van der Waals surface area contributed by atoms with Crippen LogP contribution in [-0.2, 0) is 6.54 Å². The van der Waals surface area contributed by atoms with Gasteiger partial charge in [-0.25, -0.2) is 0 Å². The standard InChI is InChI=1S/C12H13BrN2S/c1-8-3-2-4-10(12(8)13)15-7-11-9(14)5-6-16-11/h2-6,15H,7,14H2,1H3. The summed E-state index contributed by atoms with van der Waals surface area (Å²) in [6, 6.07) is 8.11. The molecule has 2 rings (SSSR count). The number of hydrogen-bond acceptors (Lipinski definition) is 3. The number of rotatable bonds is 3. The van der Waals surface area contributed by atoms with Gasteiger partial charge >= 0.3 is 0 Å². The molecule has 0 bridgehead atoms. The van der Waals surface area contributed by atoms with E-state index in [1.165, 1.54) is 10.4 Å². The summed E-state index contributed by atoms with van der Waals surface area (Å²) in [5, 5.41) is 5.39. The van der Waals surface area contributed by atoms with E-state index in [1.807, 2.05) is 17.5 Å². The van der Waals surface area contributed by atoms with E-state index in [0.29, 0.717) is 0 Å². The van der Waals surface area contributed by atoms with Crippen molar-refractivity contribution in [1.29, 1.82) is 0 Å². The van der Waals surface area contributed by atoms with Crippen LogP contribution in [0.3, 0.4) is 0 Å². The number of aryl methyl sites for hydroxylation is 1. The summed E-state index contributed by atoms with van der Waals surface area (Å²) in [5.74, 6) is 0. The third kappa shape index (κ3) is 2.39. The normalized spacial score (nSPS) is 10.4. The fourth-order valence-electron chi connectivity index (χ4n) is 1.45. The average molecular weight is 297 g/mol. The van der Waals surface area contributed by atoms with Crippen LogP contribution in [0.2, 0.25) is 0 Å². The van der Waals surface area contributed by atoms with Gasteiger partial charge in [-0.1, -0.05) is 12.1 Å². The van der Waals surface area contributed by atoms with Gasteiger partial charge in [-0.15, -0.1) is 11.3 Å². The molecule has 3 N–H and O–H groups in total. The monoisotopic (exact) mass is 296 g/mol. The maximum atomic E-state index is 5.83. The SMILES string of the molecule is Cc1cccc(NCc2sccc2N)c1Br. The van der Waals surface area contributed by atoms with E-state index in [4.69, 9.17) is 5.73 Å². The van der Waals surface area contributed by atoms with Gasteiger partial charge < -0.3 is 11.1 Å². The summed E-state index contributed by atoms with van der Waals surface area (Å²) in [6.07, 6.45) is 0. The number of thiophene rings is 1. The number of nitrogen functional groups attached to an aromatic ring is 1. The Bertz CT molecular complexity index is 494. The van der Waals surface area contributed by atoms with Gasteiger partial charge in [-0.3, -0.25) is 0 Å². The lowest BCUT2D eigenvalue weighted by Crippen LogP contribution is -2.01. The van der Waals surface area contributed by atoms with Gasteiger partial charge in [0.05, 0.1) is 6.54 Å². The lowest BCUT2D eigenvalue weighted by atomic mass is 10.2. The highest BCUT2D eigenvalue weighted by Crippen LogP contribution is 2.27. The molecule has 0 unspecified atom stereocenters. The van der Waals surface area contributed by atoms with Crippen LogP contribution in [0.25, 0.3) is 0 Å². The Labute approximate surface area is 108 Å². The van der Waals surface area contributed by atoms with E-state index in [1.54, 1.807) is 11.3 Å². The molecule has 0 aliphatic carbocycles. The molecule has 0 atom stereocenters. The third-order valence-corrected chi connectivity index (χ3v) is 4.40. The molecule has 84 valence electrons. The molecule has 2 aromatic rings. The summed E-state index contributed by atoms with van der Waals surface area (Å²) in [6.45, 7) is 2.85. The molecular weight excluding hydrogens is 284 g/mol. The van der Waals surface area contributed by atoms with E-state index in [2.05, 4.69) is 40.3 Å². The first-order chi connectivity index (χ1) is 7.68. The zero-order chi connectivity index (χ0) is 11.5. The zero-order valence-electron chi connectivity index (χ0n) is 8.96. The van der Waals surface area contributed by atoms with Crippen molar-refractivity contribution in [2.45, 2.75) is 13.5 Å². The molecule has 2 nitrogen and oxygen atoms in total. The van der Waals surface area contributed by atoms with E-state index in [-0.39, 0.29) is 0 Å². The molecule has 0 aliphatic heterocycles. The smallest absolute Gasteiger partial charge is 0.0515 e. The molecule has 0 radical (unpaired) electrons. The molecule has 1 aromatic carbocycles. The Morgan fingerprint density at radius 3 is 2.88 bits per heavy atom. The highest BCUT2D eigenvalue weighted by molar-refractivity contribution is 9.10. The number of nitrogens with one attached hydrogen (secondary N) is 1. The molecule has 0 saturated carbocycles. The van der Waals surface area contributed by atoms with Crippen LogP contribution in [-0.4, -0.2) is 0 Å². The molecule has 0 saturated heterocycles. The first-order valence-electron chi connectivity index (χ1n) is 4.99. The van der Waals surface area contributed by atoms with Crippen molar-refractivity contribution in [1.82, 2.24) is 0 Å². The molecule has 0 fully saturated rings. The number of anilines is 2. The topological polar surface area (TPSA) is 38.0 Å². The van der Waals surface area contributed by atoms with Crippen molar-refractivity contribution in [3.8, 4) is 0 Å². The average Bonchev–Trinajstić information content (AvgIpc) is 2.67. The number of benzene rings is 1. The lowest BCUT2D eigenvalue weighted by Gasteiger charge is -2.09. The maximum Gasteiger partial charge on any atom is 0.0515 e. The van der Waals surface area contributed by atoms with E-state index in [0.717, 1.165) is 22.4 Å². The summed E-state index contributed by atoms with van der Waals surface area (Å²) in [4.78, 5) is 1.17. The minimum absolute atomic E-state index is 0.769. The van der Waals surface area contributed by atoms with Crippen LogP contribution in [0.5, 0.6) is 0 Å². The minimum Gasteiger partial charge on any atom is -0.398 e. The van der Waals surface area contributed by atoms with Gasteiger partial charge in [0.25, 0.3) is 0 Å². The Balaban J connectivity index is 2.11. The zero-order valence-corrected chi connectivity index (χ0v) is 11.4. The fraction of sp³-hybridized carbons (Fsp3) is 0.167. The molecular formula is C12H13BrN2S. The molecule has 16 heavy (non-hydrogen) atoms. The van der Waals surface area contributed by atoms with Gasteiger partial charge in [0.1, 0.15) is 0 Å². The van der Waals surface area contributed by atoms with Crippen molar-refractivity contribution in [3.05, 3.63) is 44.6 Å². The van der Waals surface area contributed by atoms with Gasteiger partial charge in [-0.05, 0) is 45.9 Å². The van der Waals surface area contributed by atoms with Gasteiger partial charge in [0.2, 0.25) is 0 Å². The summed E-state index contributed by atoms with van der Waals surface area (Å²) in [5.41, 5.74) is 9.02. The van der Waals surface area contributed by atoms with Crippen LogP contribution < -0.4 is 11.1 Å². The summed E-state index contributed by atoms with van der Waals surface area (Å²) >= 11 is 5.25. The van der Waals surface area contributed by atoms with Crippen LogP contribution >= 0.6 is 27.3 Å². The Hall–Kier alpha value is -1.00. The maximum absolute atomic E-state index is 5.83. The van der Waals surface area contributed by atoms with E-state index in [9.17, 15) is 0 Å².